The highest BCUT2D eigenvalue weighted by Gasteiger charge is 2.12. The van der Waals surface area contributed by atoms with E-state index in [0.717, 1.165) is 82.8 Å². The van der Waals surface area contributed by atoms with Gasteiger partial charge in [0.05, 0.1) is 17.6 Å². The molecule has 1 saturated heterocycles. The Morgan fingerprint density at radius 1 is 0.800 bits per heavy atom. The molecular formula is C26H39N9. The van der Waals surface area contributed by atoms with E-state index in [-0.39, 0.29) is 5.96 Å². The third-order valence-corrected chi connectivity index (χ3v) is 6.22. The summed E-state index contributed by atoms with van der Waals surface area (Å²) < 4.78 is 2.07. The molecule has 2 aromatic carbocycles. The molecule has 0 atom stereocenters. The summed E-state index contributed by atoms with van der Waals surface area (Å²) in [5.41, 5.74) is 15.8. The molecule has 3 aromatic rings. The molecule has 1 fully saturated rings. The number of aromatic nitrogens is 2. The van der Waals surface area contributed by atoms with Gasteiger partial charge in [0, 0.05) is 32.7 Å². The number of hydrogen-bond donors (Lipinski definition) is 5. The number of fused-ring (bicyclic) bond motifs is 1. The summed E-state index contributed by atoms with van der Waals surface area (Å²) in [5.74, 6) is 0.538. The predicted molar refractivity (Wildman–Crippen MR) is 144 cm³/mol. The molecule has 1 aromatic heterocycles. The lowest BCUT2D eigenvalue weighted by atomic mass is 10.1. The van der Waals surface area contributed by atoms with Gasteiger partial charge in [-0.15, -0.1) is 0 Å². The van der Waals surface area contributed by atoms with Crippen LogP contribution in [0.5, 0.6) is 0 Å². The maximum Gasteiger partial charge on any atom is 0.234 e. The van der Waals surface area contributed by atoms with Crippen LogP contribution in [0.1, 0.15) is 24.0 Å². The average molecular weight is 478 g/mol. The SMILES string of the molecule is NC(N)=Nc1nc2ccccc2n1Cc1cccc(CN2CCCNCCNCCCNCC2)c1. The van der Waals surface area contributed by atoms with Crippen molar-refractivity contribution >= 4 is 22.9 Å². The summed E-state index contributed by atoms with van der Waals surface area (Å²) in [6, 6.07) is 16.8. The molecule has 0 amide bonds. The number of nitrogens with zero attached hydrogens (tertiary/aromatic N) is 4. The largest absolute Gasteiger partial charge is 0.370 e. The molecule has 0 bridgehead atoms. The van der Waals surface area contributed by atoms with Gasteiger partial charge in [0.1, 0.15) is 0 Å². The molecule has 0 aliphatic carbocycles. The number of nitrogens with one attached hydrogen (secondary N) is 3. The van der Waals surface area contributed by atoms with Crippen LogP contribution in [0.15, 0.2) is 53.5 Å². The van der Waals surface area contributed by atoms with Crippen LogP contribution in [-0.2, 0) is 13.1 Å². The molecule has 2 heterocycles. The van der Waals surface area contributed by atoms with E-state index in [9.17, 15) is 0 Å². The van der Waals surface area contributed by atoms with Crippen LogP contribution in [0, 0.1) is 0 Å². The normalized spacial score (nSPS) is 17.1. The minimum absolute atomic E-state index is 0.0105. The predicted octanol–water partition coefficient (Wildman–Crippen LogP) is 1.35. The molecule has 1 aliphatic heterocycles. The average Bonchev–Trinajstić information content (AvgIpc) is 3.18. The van der Waals surface area contributed by atoms with Crippen LogP contribution in [0.3, 0.4) is 0 Å². The van der Waals surface area contributed by atoms with Crippen molar-refractivity contribution in [3.63, 3.8) is 0 Å². The fourth-order valence-electron chi connectivity index (χ4n) is 4.51. The Bertz CT molecular complexity index is 1070. The molecule has 0 saturated carbocycles. The van der Waals surface area contributed by atoms with Crippen LogP contribution >= 0.6 is 0 Å². The van der Waals surface area contributed by atoms with E-state index in [0.29, 0.717) is 12.5 Å². The first-order chi connectivity index (χ1) is 17.2. The lowest BCUT2D eigenvalue weighted by Crippen LogP contribution is -2.36. The van der Waals surface area contributed by atoms with Gasteiger partial charge in [-0.1, -0.05) is 36.4 Å². The molecule has 9 nitrogen and oxygen atoms in total. The van der Waals surface area contributed by atoms with Crippen molar-refractivity contribution in [2.24, 2.45) is 16.5 Å². The standard InChI is InChI=1S/C26H39N9/c27-25(28)33-26-32-23-8-1-2-9-24(23)35(26)20-22-7-3-6-21(18-22)19-34-16-5-12-30-14-13-29-10-4-11-31-15-17-34/h1-3,6-9,18,29-31H,4-5,10-17,19-20H2,(H4,27,28,32,33). The van der Waals surface area contributed by atoms with Gasteiger partial charge >= 0.3 is 0 Å². The number of aliphatic imine (C=N–C) groups is 1. The Labute approximate surface area is 208 Å². The maximum absolute atomic E-state index is 5.67. The number of benzene rings is 2. The molecular weight excluding hydrogens is 438 g/mol. The van der Waals surface area contributed by atoms with E-state index >= 15 is 0 Å². The zero-order valence-electron chi connectivity index (χ0n) is 20.5. The molecule has 0 radical (unpaired) electrons. The van der Waals surface area contributed by atoms with Crippen LogP contribution in [0.2, 0.25) is 0 Å². The van der Waals surface area contributed by atoms with Crippen LogP contribution in [-0.4, -0.2) is 72.8 Å². The van der Waals surface area contributed by atoms with Gasteiger partial charge in [-0.3, -0.25) is 4.90 Å². The molecule has 0 unspecified atom stereocenters. The molecule has 9 heteroatoms. The number of imidazole rings is 1. The molecule has 35 heavy (non-hydrogen) atoms. The second-order valence-electron chi connectivity index (χ2n) is 9.08. The van der Waals surface area contributed by atoms with E-state index in [2.05, 4.69) is 65.7 Å². The van der Waals surface area contributed by atoms with Crippen molar-refractivity contribution in [1.29, 1.82) is 0 Å². The first-order valence-electron chi connectivity index (χ1n) is 12.7. The van der Waals surface area contributed by atoms with Crippen molar-refractivity contribution in [3.05, 3.63) is 59.7 Å². The van der Waals surface area contributed by atoms with Crippen molar-refractivity contribution in [2.45, 2.75) is 25.9 Å². The fraction of sp³-hybridized carbons (Fsp3) is 0.462. The maximum atomic E-state index is 5.67. The minimum atomic E-state index is 0.0105. The summed E-state index contributed by atoms with van der Waals surface area (Å²) in [7, 11) is 0. The van der Waals surface area contributed by atoms with Gasteiger partial charge in [0.2, 0.25) is 5.95 Å². The lowest BCUT2D eigenvalue weighted by Gasteiger charge is -2.23. The zero-order chi connectivity index (χ0) is 24.3. The zero-order valence-corrected chi connectivity index (χ0v) is 20.5. The Morgan fingerprint density at radius 3 is 2.31 bits per heavy atom. The van der Waals surface area contributed by atoms with E-state index in [1.165, 1.54) is 11.1 Å². The Kier molecular flexibility index (Phi) is 9.47. The van der Waals surface area contributed by atoms with Gasteiger partial charge in [-0.25, -0.2) is 4.98 Å². The Morgan fingerprint density at radius 2 is 1.51 bits per heavy atom. The first kappa shape index (κ1) is 25.1. The highest BCUT2D eigenvalue weighted by atomic mass is 15.2. The second-order valence-corrected chi connectivity index (χ2v) is 9.08. The smallest absolute Gasteiger partial charge is 0.234 e. The summed E-state index contributed by atoms with van der Waals surface area (Å²) in [4.78, 5) is 11.4. The van der Waals surface area contributed by atoms with E-state index < -0.39 is 0 Å². The third-order valence-electron chi connectivity index (χ3n) is 6.22. The number of rotatable bonds is 5. The molecule has 7 N–H and O–H groups in total. The van der Waals surface area contributed by atoms with Gasteiger partial charge in [-0.05, 0) is 62.3 Å². The highest BCUT2D eigenvalue weighted by molar-refractivity contribution is 5.82. The summed E-state index contributed by atoms with van der Waals surface area (Å²) in [5, 5.41) is 10.6. The van der Waals surface area contributed by atoms with Crippen molar-refractivity contribution in [1.82, 2.24) is 30.4 Å². The van der Waals surface area contributed by atoms with Gasteiger partial charge in [-0.2, -0.15) is 4.99 Å². The van der Waals surface area contributed by atoms with Crippen molar-refractivity contribution in [3.8, 4) is 0 Å². The first-order valence-corrected chi connectivity index (χ1v) is 12.7. The van der Waals surface area contributed by atoms with Gasteiger partial charge in [0.25, 0.3) is 0 Å². The molecule has 4 rings (SSSR count). The van der Waals surface area contributed by atoms with E-state index in [4.69, 9.17) is 11.5 Å². The topological polar surface area (TPSA) is 122 Å². The monoisotopic (exact) mass is 477 g/mol. The van der Waals surface area contributed by atoms with Gasteiger partial charge < -0.3 is 32.0 Å². The highest BCUT2D eigenvalue weighted by Crippen LogP contribution is 2.23. The Hall–Kier alpha value is -2.98. The van der Waals surface area contributed by atoms with E-state index in [1.807, 2.05) is 18.2 Å². The molecule has 0 spiro atoms. The number of nitrogens with two attached hydrogens (primary N) is 2. The van der Waals surface area contributed by atoms with Gasteiger partial charge in [0.15, 0.2) is 5.96 Å². The van der Waals surface area contributed by atoms with Crippen LogP contribution < -0.4 is 27.4 Å². The van der Waals surface area contributed by atoms with Crippen molar-refractivity contribution < 1.29 is 0 Å². The fourth-order valence-corrected chi connectivity index (χ4v) is 4.51. The van der Waals surface area contributed by atoms with Crippen LogP contribution in [0.4, 0.5) is 5.95 Å². The minimum Gasteiger partial charge on any atom is -0.370 e. The Balaban J connectivity index is 1.46. The second kappa shape index (κ2) is 13.2. The number of guanidine groups is 1. The summed E-state index contributed by atoms with van der Waals surface area (Å²) in [6.45, 7) is 9.95. The molecule has 1 aliphatic rings. The molecule has 188 valence electrons. The van der Waals surface area contributed by atoms with Crippen molar-refractivity contribution in [2.75, 3.05) is 52.4 Å². The summed E-state index contributed by atoms with van der Waals surface area (Å²) >= 11 is 0. The quantitative estimate of drug-likeness (QED) is 0.278. The van der Waals surface area contributed by atoms with E-state index in [1.54, 1.807) is 0 Å². The number of hydrogen-bond acceptors (Lipinski definition) is 6. The summed E-state index contributed by atoms with van der Waals surface area (Å²) in [6.07, 6.45) is 2.30. The number of para-hydroxylation sites is 2. The third kappa shape index (κ3) is 7.76. The lowest BCUT2D eigenvalue weighted by molar-refractivity contribution is 0.260. The van der Waals surface area contributed by atoms with Crippen LogP contribution in [0.25, 0.3) is 11.0 Å².